The van der Waals surface area contributed by atoms with Crippen molar-refractivity contribution < 1.29 is 19.1 Å². The van der Waals surface area contributed by atoms with Crippen LogP contribution in [0.2, 0.25) is 0 Å². The Morgan fingerprint density at radius 3 is 2.34 bits per heavy atom. The third kappa shape index (κ3) is 7.25. The van der Waals surface area contributed by atoms with E-state index in [0.29, 0.717) is 24.2 Å². The first-order valence-corrected chi connectivity index (χ1v) is 11.0. The van der Waals surface area contributed by atoms with Crippen molar-refractivity contribution in [2.45, 2.75) is 54.0 Å². The number of amides is 3. The minimum absolute atomic E-state index is 0.0399. The van der Waals surface area contributed by atoms with E-state index in [-0.39, 0.29) is 36.3 Å². The van der Waals surface area contributed by atoms with E-state index in [1.807, 2.05) is 34.6 Å². The fraction of sp³-hybridized carbons (Fsp3) is 0.565. The van der Waals surface area contributed by atoms with Crippen LogP contribution in [-0.4, -0.2) is 49.5 Å². The molecule has 0 saturated carbocycles. The molecule has 1 aliphatic rings. The summed E-state index contributed by atoms with van der Waals surface area (Å²) in [5, 5.41) is 12.8. The molecule has 0 bridgehead atoms. The Balaban J connectivity index is 0.00000249. The van der Waals surface area contributed by atoms with Crippen LogP contribution in [0.25, 0.3) is 0 Å². The van der Waals surface area contributed by atoms with Crippen molar-refractivity contribution in [1.29, 1.82) is 5.41 Å². The van der Waals surface area contributed by atoms with Gasteiger partial charge in [-0.2, -0.15) is 0 Å². The molecule has 0 spiro atoms. The molecule has 2 unspecified atom stereocenters. The summed E-state index contributed by atoms with van der Waals surface area (Å²) in [6, 6.07) is 5.67. The molecule has 1 aromatic carbocycles. The molecule has 32 heavy (non-hydrogen) atoms. The van der Waals surface area contributed by atoms with Crippen LogP contribution in [0.5, 0.6) is 0 Å². The first kappa shape index (κ1) is 26.9. The molecule has 9 nitrogen and oxygen atoms in total. The van der Waals surface area contributed by atoms with Crippen LogP contribution in [-0.2, 0) is 14.3 Å². The fourth-order valence-electron chi connectivity index (χ4n) is 3.28. The lowest BCUT2D eigenvalue weighted by Crippen LogP contribution is -2.49. The van der Waals surface area contributed by atoms with Crippen LogP contribution >= 0.6 is 0 Å². The highest BCUT2D eigenvalue weighted by Crippen LogP contribution is 2.26. The van der Waals surface area contributed by atoms with Crippen LogP contribution in [0.15, 0.2) is 24.3 Å². The van der Waals surface area contributed by atoms with E-state index in [4.69, 9.17) is 15.9 Å². The fourth-order valence-corrected chi connectivity index (χ4v) is 3.28. The average Bonchev–Trinajstić information content (AvgIpc) is 3.09. The third-order valence-electron chi connectivity index (χ3n) is 5.08. The number of ether oxygens (including phenoxy) is 1. The van der Waals surface area contributed by atoms with Gasteiger partial charge in [0.05, 0.1) is 12.5 Å². The molecule has 1 fully saturated rings. The van der Waals surface area contributed by atoms with Crippen molar-refractivity contribution in [3.8, 4) is 0 Å². The van der Waals surface area contributed by atoms with Gasteiger partial charge in [-0.05, 0) is 43.0 Å². The van der Waals surface area contributed by atoms with Gasteiger partial charge in [-0.3, -0.25) is 15.0 Å². The van der Waals surface area contributed by atoms with Gasteiger partial charge in [0.2, 0.25) is 5.91 Å². The summed E-state index contributed by atoms with van der Waals surface area (Å²) in [4.78, 5) is 38.8. The highest BCUT2D eigenvalue weighted by molar-refractivity contribution is 6.02. The van der Waals surface area contributed by atoms with E-state index in [9.17, 15) is 14.4 Å². The number of esters is 1. The molecule has 5 N–H and O–H groups in total. The maximum atomic E-state index is 12.7. The molecule has 9 heteroatoms. The van der Waals surface area contributed by atoms with Gasteiger partial charge in [-0.15, -0.1) is 0 Å². The molecule has 178 valence electrons. The van der Waals surface area contributed by atoms with E-state index in [1.54, 1.807) is 36.1 Å². The standard InChI is InChI=1S/C21H31N5O4.C2H6/c1-5-30-19(28)15(21(2,3)4)12-24-20(29)25-16-10-11-26(18(16)27)14-8-6-13(7-9-14)17(22)23;1-2/h6-9,15-16H,5,10-12H2,1-4H3,(H3,22,23)(H2,24,25,29);1-2H3. The first-order valence-electron chi connectivity index (χ1n) is 11.0. The maximum Gasteiger partial charge on any atom is 0.315 e. The van der Waals surface area contributed by atoms with Gasteiger partial charge < -0.3 is 26.0 Å². The number of benzene rings is 1. The van der Waals surface area contributed by atoms with Crippen molar-refractivity contribution >= 4 is 29.4 Å². The highest BCUT2D eigenvalue weighted by Gasteiger charge is 2.35. The number of nitrogens with two attached hydrogens (primary N) is 1. The zero-order chi connectivity index (χ0) is 24.5. The number of carbonyl (C=O) groups is 3. The van der Waals surface area contributed by atoms with Crippen molar-refractivity contribution in [3.05, 3.63) is 29.8 Å². The first-order chi connectivity index (χ1) is 15.0. The normalized spacial score (nSPS) is 16.5. The lowest BCUT2D eigenvalue weighted by atomic mass is 9.80. The number of nitrogen functional groups attached to an aromatic ring is 1. The molecule has 1 saturated heterocycles. The van der Waals surface area contributed by atoms with Crippen molar-refractivity contribution in [3.63, 3.8) is 0 Å². The monoisotopic (exact) mass is 447 g/mol. The van der Waals surface area contributed by atoms with E-state index < -0.39 is 18.0 Å². The predicted octanol–water partition coefficient (Wildman–Crippen LogP) is 2.63. The van der Waals surface area contributed by atoms with E-state index >= 15 is 0 Å². The largest absolute Gasteiger partial charge is 0.466 e. The number of carbonyl (C=O) groups excluding carboxylic acids is 3. The van der Waals surface area contributed by atoms with Gasteiger partial charge in [-0.25, -0.2) is 4.79 Å². The zero-order valence-corrected chi connectivity index (χ0v) is 20.0. The smallest absolute Gasteiger partial charge is 0.315 e. The Labute approximate surface area is 190 Å². The van der Waals surface area contributed by atoms with Crippen LogP contribution in [0.4, 0.5) is 10.5 Å². The lowest BCUT2D eigenvalue weighted by molar-refractivity contribution is -0.151. The number of nitrogens with zero attached hydrogens (tertiary/aromatic N) is 1. The Bertz CT molecular complexity index is 802. The molecule has 0 aliphatic carbocycles. The Hall–Kier alpha value is -3.10. The Morgan fingerprint density at radius 1 is 1.25 bits per heavy atom. The molecule has 0 aromatic heterocycles. The highest BCUT2D eigenvalue weighted by atomic mass is 16.5. The van der Waals surface area contributed by atoms with Crippen LogP contribution in [0, 0.1) is 16.7 Å². The maximum absolute atomic E-state index is 12.7. The van der Waals surface area contributed by atoms with Crippen LogP contribution in [0.3, 0.4) is 0 Å². The quantitative estimate of drug-likeness (QED) is 0.289. The molecular formula is C23H37N5O4. The summed E-state index contributed by atoms with van der Waals surface area (Å²) in [7, 11) is 0. The van der Waals surface area contributed by atoms with Gasteiger partial charge in [0, 0.05) is 24.3 Å². The van der Waals surface area contributed by atoms with Gasteiger partial charge in [-0.1, -0.05) is 34.6 Å². The van der Waals surface area contributed by atoms with Gasteiger partial charge in [0.1, 0.15) is 11.9 Å². The molecule has 1 heterocycles. The third-order valence-corrected chi connectivity index (χ3v) is 5.08. The Kier molecular flexibility index (Phi) is 10.2. The summed E-state index contributed by atoms with van der Waals surface area (Å²) < 4.78 is 5.11. The van der Waals surface area contributed by atoms with Crippen LogP contribution < -0.4 is 21.3 Å². The number of hydrogen-bond donors (Lipinski definition) is 4. The minimum Gasteiger partial charge on any atom is -0.466 e. The summed E-state index contributed by atoms with van der Waals surface area (Å²) in [6.07, 6.45) is 0.474. The lowest BCUT2D eigenvalue weighted by Gasteiger charge is -2.29. The molecule has 3 amide bonds. The van der Waals surface area contributed by atoms with Crippen molar-refractivity contribution in [2.24, 2.45) is 17.1 Å². The van der Waals surface area contributed by atoms with Gasteiger partial charge in [0.15, 0.2) is 0 Å². The number of urea groups is 1. The van der Waals surface area contributed by atoms with E-state index in [1.165, 1.54) is 0 Å². The number of hydrogen-bond acceptors (Lipinski definition) is 5. The Morgan fingerprint density at radius 2 is 1.84 bits per heavy atom. The van der Waals surface area contributed by atoms with Crippen LogP contribution in [0.1, 0.15) is 53.5 Å². The second-order valence-corrected chi connectivity index (χ2v) is 8.32. The minimum atomic E-state index is -0.645. The molecule has 2 atom stereocenters. The molecule has 1 aliphatic heterocycles. The van der Waals surface area contributed by atoms with Gasteiger partial charge >= 0.3 is 12.0 Å². The summed E-state index contributed by atoms with van der Waals surface area (Å²) in [5.41, 5.74) is 6.33. The number of nitrogens with one attached hydrogen (secondary N) is 3. The second-order valence-electron chi connectivity index (χ2n) is 8.32. The summed E-state index contributed by atoms with van der Waals surface area (Å²) >= 11 is 0. The molecule has 0 radical (unpaired) electrons. The summed E-state index contributed by atoms with van der Waals surface area (Å²) in [6.45, 7) is 12.3. The van der Waals surface area contributed by atoms with Crippen molar-refractivity contribution in [2.75, 3.05) is 24.6 Å². The van der Waals surface area contributed by atoms with E-state index in [2.05, 4.69) is 10.6 Å². The van der Waals surface area contributed by atoms with E-state index in [0.717, 1.165) is 0 Å². The topological polar surface area (TPSA) is 138 Å². The molecule has 1 aromatic rings. The molecule has 2 rings (SSSR count). The summed E-state index contributed by atoms with van der Waals surface area (Å²) in [5.74, 6) is -1.11. The second kappa shape index (κ2) is 12.1. The number of anilines is 1. The van der Waals surface area contributed by atoms with Crippen molar-refractivity contribution in [1.82, 2.24) is 10.6 Å². The zero-order valence-electron chi connectivity index (χ0n) is 20.0. The van der Waals surface area contributed by atoms with Gasteiger partial charge in [0.25, 0.3) is 0 Å². The predicted molar refractivity (Wildman–Crippen MR) is 126 cm³/mol. The average molecular weight is 448 g/mol. The number of amidine groups is 1. The number of rotatable bonds is 7. The molecular weight excluding hydrogens is 410 g/mol. The SMILES string of the molecule is CC.CCOC(=O)C(CNC(=O)NC1CCN(c2ccc(C(=N)N)cc2)C1=O)C(C)(C)C.